The molecule has 0 radical (unpaired) electrons. The summed E-state index contributed by atoms with van der Waals surface area (Å²) >= 11 is 1.07. The monoisotopic (exact) mass is 512 g/mol. The average molecular weight is 513 g/mol. The fourth-order valence-electron chi connectivity index (χ4n) is 3.33. The van der Waals surface area contributed by atoms with Crippen LogP contribution in [0, 0.1) is 0 Å². The van der Waals surface area contributed by atoms with Gasteiger partial charge in [-0.3, -0.25) is 24.0 Å². The van der Waals surface area contributed by atoms with Crippen LogP contribution in [-0.2, 0) is 53.4 Å². The van der Waals surface area contributed by atoms with E-state index in [2.05, 4.69) is 0 Å². The highest BCUT2D eigenvalue weighted by atomic mass is 32.2. The van der Waals surface area contributed by atoms with Gasteiger partial charge in [-0.05, 0) is 6.07 Å². The van der Waals surface area contributed by atoms with Crippen molar-refractivity contribution in [3.05, 3.63) is 29.8 Å². The third kappa shape index (κ3) is 8.87. The molecule has 1 heterocycles. The molecular formula is C23H28O11S. The van der Waals surface area contributed by atoms with Crippen molar-refractivity contribution in [2.24, 2.45) is 0 Å². The van der Waals surface area contributed by atoms with Crippen molar-refractivity contribution >= 4 is 40.8 Å². The van der Waals surface area contributed by atoms with Crippen LogP contribution in [0.15, 0.2) is 24.3 Å². The van der Waals surface area contributed by atoms with E-state index < -0.39 is 54.6 Å². The summed E-state index contributed by atoms with van der Waals surface area (Å²) in [5, 5.41) is -0.0906. The van der Waals surface area contributed by atoms with E-state index in [1.54, 1.807) is 24.3 Å². The highest BCUT2D eigenvalue weighted by Gasteiger charge is 2.53. The lowest BCUT2D eigenvalue weighted by atomic mass is 9.98. The first kappa shape index (κ1) is 28.1. The van der Waals surface area contributed by atoms with E-state index in [1.165, 1.54) is 13.8 Å². The van der Waals surface area contributed by atoms with Crippen molar-refractivity contribution in [1.29, 1.82) is 0 Å². The predicted molar refractivity (Wildman–Crippen MR) is 121 cm³/mol. The fraction of sp³-hybridized carbons (Fsp3) is 0.522. The van der Waals surface area contributed by atoms with Crippen LogP contribution in [0.4, 0.5) is 0 Å². The predicted octanol–water partition coefficient (Wildman–Crippen LogP) is 1.93. The summed E-state index contributed by atoms with van der Waals surface area (Å²) in [4.78, 5) is 58.5. The van der Waals surface area contributed by atoms with Gasteiger partial charge in [0.25, 0.3) is 0 Å². The van der Waals surface area contributed by atoms with Gasteiger partial charge in [-0.1, -0.05) is 30.0 Å². The van der Waals surface area contributed by atoms with Gasteiger partial charge < -0.3 is 28.4 Å². The molecule has 0 unspecified atom stereocenters. The third-order valence-electron chi connectivity index (χ3n) is 4.59. The molecule has 1 aliphatic heterocycles. The first-order valence-corrected chi connectivity index (χ1v) is 11.6. The molecule has 0 aromatic heterocycles. The molecule has 0 aliphatic carbocycles. The number of benzene rings is 1. The lowest BCUT2D eigenvalue weighted by molar-refractivity contribution is -0.288. The Morgan fingerprint density at radius 1 is 0.800 bits per heavy atom. The van der Waals surface area contributed by atoms with E-state index in [1.807, 2.05) is 0 Å². The van der Waals surface area contributed by atoms with E-state index in [0.717, 1.165) is 32.5 Å². The molecule has 0 saturated carbocycles. The van der Waals surface area contributed by atoms with E-state index in [9.17, 15) is 24.0 Å². The van der Waals surface area contributed by atoms with Gasteiger partial charge in [0.05, 0.1) is 0 Å². The van der Waals surface area contributed by atoms with Crippen LogP contribution in [0.5, 0.6) is 5.75 Å². The first-order chi connectivity index (χ1) is 16.5. The van der Waals surface area contributed by atoms with E-state index in [-0.39, 0.29) is 11.7 Å². The number of para-hydroxylation sites is 1. The highest BCUT2D eigenvalue weighted by molar-refractivity contribution is 8.12. The Morgan fingerprint density at radius 2 is 1.37 bits per heavy atom. The number of thioether (sulfide) groups is 1. The number of carbonyl (C=O) groups is 5. The molecule has 1 aliphatic rings. The molecule has 1 fully saturated rings. The molecular weight excluding hydrogens is 484 g/mol. The van der Waals surface area contributed by atoms with E-state index in [4.69, 9.17) is 28.4 Å². The molecule has 1 saturated heterocycles. The number of carbonyl (C=O) groups excluding carboxylic acids is 5. The summed E-state index contributed by atoms with van der Waals surface area (Å²) in [6, 6.07) is 6.83. The van der Waals surface area contributed by atoms with Gasteiger partial charge in [-0.2, -0.15) is 0 Å². The Balaban J connectivity index is 2.47. The van der Waals surface area contributed by atoms with Crippen molar-refractivity contribution in [3.63, 3.8) is 0 Å². The number of hydrogen-bond donors (Lipinski definition) is 0. The molecule has 0 spiro atoms. The second kappa shape index (κ2) is 13.1. The first-order valence-electron chi connectivity index (χ1n) is 10.7. The van der Waals surface area contributed by atoms with Gasteiger partial charge in [0, 0.05) is 45.9 Å². The Labute approximate surface area is 206 Å². The molecule has 5 atom stereocenters. The Kier molecular flexibility index (Phi) is 10.5. The largest absolute Gasteiger partial charge is 0.463 e. The zero-order valence-electron chi connectivity index (χ0n) is 20.0. The smallest absolute Gasteiger partial charge is 0.303 e. The van der Waals surface area contributed by atoms with E-state index >= 15 is 0 Å². The third-order valence-corrected chi connectivity index (χ3v) is 5.46. The van der Waals surface area contributed by atoms with Crippen molar-refractivity contribution in [1.82, 2.24) is 0 Å². The van der Waals surface area contributed by atoms with Gasteiger partial charge in [-0.15, -0.1) is 0 Å². The minimum Gasteiger partial charge on any atom is -0.463 e. The Morgan fingerprint density at radius 3 is 1.94 bits per heavy atom. The van der Waals surface area contributed by atoms with Gasteiger partial charge >= 0.3 is 23.9 Å². The summed E-state index contributed by atoms with van der Waals surface area (Å²) in [6.07, 6.45) is -6.42. The van der Waals surface area contributed by atoms with Crippen molar-refractivity contribution < 1.29 is 52.4 Å². The Hall–Kier alpha value is -3.12. The second-order valence-corrected chi connectivity index (χ2v) is 8.73. The van der Waals surface area contributed by atoms with E-state index in [0.29, 0.717) is 17.1 Å². The molecule has 0 bridgehead atoms. The maximum absolute atomic E-state index is 11.9. The number of hydrogen-bond acceptors (Lipinski definition) is 12. The summed E-state index contributed by atoms with van der Waals surface area (Å²) in [5.41, 5.74) is 0.653. The number of esters is 4. The fourth-order valence-corrected chi connectivity index (χ4v) is 3.92. The van der Waals surface area contributed by atoms with Gasteiger partial charge in [0.15, 0.2) is 17.3 Å². The molecule has 12 heteroatoms. The second-order valence-electron chi connectivity index (χ2n) is 7.57. The SMILES string of the molecule is CC(=O)OC[C@H]1O[C@@H](Oc2ccccc2CSC(C)=O)[C@H](OC(C)=O)[C@@H](OC(C)=O)[C@H]1OC(C)=O. The van der Waals surface area contributed by atoms with Gasteiger partial charge in [-0.25, -0.2) is 0 Å². The number of ether oxygens (including phenoxy) is 6. The molecule has 1 aromatic rings. The van der Waals surface area contributed by atoms with Crippen LogP contribution >= 0.6 is 11.8 Å². The van der Waals surface area contributed by atoms with Crippen LogP contribution in [0.1, 0.15) is 40.2 Å². The summed E-state index contributed by atoms with van der Waals surface area (Å²) in [7, 11) is 0. The standard InChI is InChI=1S/C23H28O11S/c1-12(24)29-10-19-20(30-13(2)25)21(31-14(3)26)22(32-15(4)27)23(34-19)33-18-9-7-6-8-17(18)11-35-16(5)28/h6-9,19-23H,10-11H2,1-5H3/t19-,20+,21+,22-,23-/m1/s1. The zero-order valence-corrected chi connectivity index (χ0v) is 20.8. The topological polar surface area (TPSA) is 141 Å². The number of rotatable bonds is 9. The molecule has 2 rings (SSSR count). The molecule has 11 nitrogen and oxygen atoms in total. The van der Waals surface area contributed by atoms with Gasteiger partial charge in [0.1, 0.15) is 18.5 Å². The summed E-state index contributed by atoms with van der Waals surface area (Å²) in [5.74, 6) is -2.19. The quantitative estimate of drug-likeness (QED) is 0.352. The lowest BCUT2D eigenvalue weighted by Crippen LogP contribution is -2.63. The summed E-state index contributed by atoms with van der Waals surface area (Å²) < 4.78 is 33.1. The maximum Gasteiger partial charge on any atom is 0.303 e. The maximum atomic E-state index is 11.9. The normalized spacial score (nSPS) is 23.5. The van der Waals surface area contributed by atoms with Crippen molar-refractivity contribution in [2.45, 2.75) is 71.1 Å². The lowest BCUT2D eigenvalue weighted by Gasteiger charge is -2.44. The minimum atomic E-state index is -1.35. The van der Waals surface area contributed by atoms with Crippen LogP contribution in [0.3, 0.4) is 0 Å². The molecule has 0 N–H and O–H groups in total. The minimum absolute atomic E-state index is 0.0906. The van der Waals surface area contributed by atoms with Crippen LogP contribution in [-0.4, -0.2) is 66.3 Å². The highest BCUT2D eigenvalue weighted by Crippen LogP contribution is 2.32. The molecule has 35 heavy (non-hydrogen) atoms. The van der Waals surface area contributed by atoms with Crippen LogP contribution < -0.4 is 4.74 Å². The summed E-state index contributed by atoms with van der Waals surface area (Å²) in [6.45, 7) is 5.68. The van der Waals surface area contributed by atoms with Crippen molar-refractivity contribution in [3.8, 4) is 5.75 Å². The average Bonchev–Trinajstić information content (AvgIpc) is 2.74. The molecule has 0 amide bonds. The van der Waals surface area contributed by atoms with Crippen LogP contribution in [0.2, 0.25) is 0 Å². The molecule has 1 aromatic carbocycles. The van der Waals surface area contributed by atoms with Crippen molar-refractivity contribution in [2.75, 3.05) is 6.61 Å². The van der Waals surface area contributed by atoms with Crippen LogP contribution in [0.25, 0.3) is 0 Å². The Bertz CT molecular complexity index is 947. The van der Waals surface area contributed by atoms with Gasteiger partial charge in [0.2, 0.25) is 12.4 Å². The zero-order chi connectivity index (χ0) is 26.1. The molecule has 192 valence electrons.